The second-order valence-corrected chi connectivity index (χ2v) is 11.2. The highest BCUT2D eigenvalue weighted by molar-refractivity contribution is 5.81. The number of amides is 1. The second-order valence-electron chi connectivity index (χ2n) is 11.2. The van der Waals surface area contributed by atoms with E-state index in [4.69, 9.17) is 33.2 Å². The number of aliphatic carboxylic acids is 1. The molecule has 1 heterocycles. The van der Waals surface area contributed by atoms with Crippen molar-refractivity contribution in [2.75, 3.05) is 13.2 Å². The fourth-order valence-electron chi connectivity index (χ4n) is 5.74. The van der Waals surface area contributed by atoms with Crippen LogP contribution in [-0.4, -0.2) is 97.1 Å². The number of hydrogen-bond acceptors (Lipinski definition) is 13. The lowest BCUT2D eigenvalue weighted by molar-refractivity contribution is -0.316. The summed E-state index contributed by atoms with van der Waals surface area (Å²) in [5.74, 6) is -5.03. The van der Waals surface area contributed by atoms with Crippen LogP contribution in [0.2, 0.25) is 0 Å². The molecule has 3 unspecified atom stereocenters. The highest BCUT2D eigenvalue weighted by Crippen LogP contribution is 2.44. The van der Waals surface area contributed by atoms with Gasteiger partial charge in [-0.2, -0.15) is 0 Å². The van der Waals surface area contributed by atoms with E-state index in [1.54, 1.807) is 0 Å². The molecule has 258 valence electrons. The van der Waals surface area contributed by atoms with Crippen molar-refractivity contribution >= 4 is 35.9 Å². The van der Waals surface area contributed by atoms with Crippen molar-refractivity contribution in [2.24, 2.45) is 0 Å². The van der Waals surface area contributed by atoms with Crippen molar-refractivity contribution in [1.82, 2.24) is 5.32 Å². The number of ether oxygens (including phenoxy) is 7. The predicted molar refractivity (Wildman–Crippen MR) is 162 cm³/mol. The predicted octanol–water partition coefficient (Wildman–Crippen LogP) is 2.47. The van der Waals surface area contributed by atoms with E-state index in [9.17, 15) is 33.9 Å². The van der Waals surface area contributed by atoms with E-state index in [1.807, 2.05) is 48.5 Å². The van der Waals surface area contributed by atoms with Gasteiger partial charge in [0, 0.05) is 33.6 Å². The van der Waals surface area contributed by atoms with Crippen LogP contribution in [-0.2, 0) is 57.1 Å². The molecule has 1 amide bonds. The average Bonchev–Trinajstić information content (AvgIpc) is 3.33. The summed E-state index contributed by atoms with van der Waals surface area (Å²) in [4.78, 5) is 73.0. The fourth-order valence-corrected chi connectivity index (χ4v) is 5.74. The van der Waals surface area contributed by atoms with Gasteiger partial charge in [-0.05, 0) is 29.2 Å². The Hall–Kier alpha value is -5.02. The van der Waals surface area contributed by atoms with Crippen molar-refractivity contribution in [3.05, 3.63) is 59.7 Å². The van der Waals surface area contributed by atoms with E-state index in [0.29, 0.717) is 0 Å². The zero-order valence-corrected chi connectivity index (χ0v) is 26.9. The van der Waals surface area contributed by atoms with Crippen LogP contribution >= 0.6 is 0 Å². The summed E-state index contributed by atoms with van der Waals surface area (Å²) in [6.07, 6.45) is -9.95. The number of alkyl carbamates (subject to hydrolysis) is 1. The Kier molecular flexibility index (Phi) is 11.7. The molecule has 15 nitrogen and oxygen atoms in total. The van der Waals surface area contributed by atoms with Crippen molar-refractivity contribution in [3.8, 4) is 11.1 Å². The fraction of sp³-hybridized carbons (Fsp3) is 0.455. The van der Waals surface area contributed by atoms with Gasteiger partial charge in [-0.25, -0.2) is 9.59 Å². The van der Waals surface area contributed by atoms with Gasteiger partial charge >= 0.3 is 35.9 Å². The lowest BCUT2D eigenvalue weighted by atomic mass is 9.98. The van der Waals surface area contributed by atoms with Crippen LogP contribution < -0.4 is 5.32 Å². The van der Waals surface area contributed by atoms with E-state index >= 15 is 0 Å². The Bertz CT molecular complexity index is 1500. The molecular weight excluding hydrogens is 634 g/mol. The third kappa shape index (κ3) is 8.66. The first-order valence-corrected chi connectivity index (χ1v) is 15.1. The molecule has 4 rings (SSSR count). The Morgan fingerprint density at radius 2 is 1.25 bits per heavy atom. The van der Waals surface area contributed by atoms with Crippen LogP contribution in [0.1, 0.15) is 51.7 Å². The van der Waals surface area contributed by atoms with Crippen LogP contribution in [0, 0.1) is 0 Å². The third-order valence-electron chi connectivity index (χ3n) is 7.65. The van der Waals surface area contributed by atoms with Crippen LogP contribution in [0.25, 0.3) is 11.1 Å². The minimum atomic E-state index is -1.72. The molecule has 0 saturated carbocycles. The Labute approximate surface area is 275 Å². The third-order valence-corrected chi connectivity index (χ3v) is 7.65. The topological polar surface area (TPSA) is 199 Å². The maximum absolute atomic E-state index is 13.0. The molecule has 2 aliphatic rings. The maximum Gasteiger partial charge on any atom is 0.407 e. The molecular formula is C33H37NO14. The second kappa shape index (κ2) is 15.7. The molecule has 0 radical (unpaired) electrons. The summed E-state index contributed by atoms with van der Waals surface area (Å²) in [6.45, 7) is 5.02. The highest BCUT2D eigenvalue weighted by Gasteiger charge is 2.53. The van der Waals surface area contributed by atoms with Gasteiger partial charge < -0.3 is 43.6 Å². The van der Waals surface area contributed by atoms with Gasteiger partial charge in [0.15, 0.2) is 30.6 Å². The molecule has 0 aromatic heterocycles. The highest BCUT2D eigenvalue weighted by atomic mass is 16.7. The normalized spacial score (nSPS) is 22.6. The number of nitrogens with one attached hydrogen (secondary N) is 1. The number of carboxylic acids is 1. The smallest absolute Gasteiger partial charge is 0.407 e. The van der Waals surface area contributed by atoms with E-state index in [-0.39, 0.29) is 12.5 Å². The number of fused-ring (bicyclic) bond motifs is 3. The zero-order chi connectivity index (χ0) is 35.1. The Morgan fingerprint density at radius 1 is 0.729 bits per heavy atom. The molecule has 15 heteroatoms. The summed E-state index contributed by atoms with van der Waals surface area (Å²) in [5.41, 5.74) is 3.94. The summed E-state index contributed by atoms with van der Waals surface area (Å²) >= 11 is 0. The summed E-state index contributed by atoms with van der Waals surface area (Å²) in [6, 6.07) is 13.7. The first-order valence-electron chi connectivity index (χ1n) is 15.1. The number of hydrogen-bond donors (Lipinski definition) is 2. The SMILES string of the molecule is CC(=O)OCC1O[C@H](OC(C)[C@H](NC(=O)OCC2c3ccccc3-c3ccccc32)C(=O)O)C(OC(C)=O)[C@H](OC(C)=O)[C@@H]1OC(C)=O. The number of carboxylic acid groups (broad SMARTS) is 1. The molecule has 1 aliphatic carbocycles. The van der Waals surface area contributed by atoms with Gasteiger partial charge in [0.05, 0.1) is 6.10 Å². The number of carbonyl (C=O) groups is 6. The molecule has 0 bridgehead atoms. The first kappa shape index (κ1) is 35.8. The van der Waals surface area contributed by atoms with Crippen molar-refractivity contribution in [1.29, 1.82) is 0 Å². The van der Waals surface area contributed by atoms with Crippen LogP contribution in [0.15, 0.2) is 48.5 Å². The molecule has 1 aliphatic heterocycles. The summed E-state index contributed by atoms with van der Waals surface area (Å²) < 4.78 is 38.3. The van der Waals surface area contributed by atoms with Crippen LogP contribution in [0.5, 0.6) is 0 Å². The quantitative estimate of drug-likeness (QED) is 0.246. The van der Waals surface area contributed by atoms with E-state index < -0.39 is 85.4 Å². The van der Waals surface area contributed by atoms with Crippen molar-refractivity contribution < 1.29 is 67.0 Å². The minimum Gasteiger partial charge on any atom is -0.480 e. The monoisotopic (exact) mass is 671 g/mol. The molecule has 1 saturated heterocycles. The minimum absolute atomic E-state index is 0.0822. The number of rotatable bonds is 12. The molecule has 2 aromatic rings. The number of benzene rings is 2. The summed E-state index contributed by atoms with van der Waals surface area (Å²) in [5, 5.41) is 12.3. The lowest BCUT2D eigenvalue weighted by Gasteiger charge is -2.44. The number of carbonyl (C=O) groups excluding carboxylic acids is 5. The van der Waals surface area contributed by atoms with E-state index in [1.165, 1.54) is 6.92 Å². The lowest BCUT2D eigenvalue weighted by Crippen LogP contribution is -2.64. The van der Waals surface area contributed by atoms with Crippen molar-refractivity contribution in [2.45, 2.75) is 83.4 Å². The van der Waals surface area contributed by atoms with Crippen molar-refractivity contribution in [3.63, 3.8) is 0 Å². The first-order chi connectivity index (χ1) is 22.8. The van der Waals surface area contributed by atoms with Gasteiger partial charge in [0.2, 0.25) is 0 Å². The van der Waals surface area contributed by atoms with Gasteiger partial charge in [-0.3, -0.25) is 19.2 Å². The average molecular weight is 672 g/mol. The molecule has 0 spiro atoms. The van der Waals surface area contributed by atoms with E-state index in [0.717, 1.165) is 49.9 Å². The Morgan fingerprint density at radius 3 is 1.77 bits per heavy atom. The molecule has 1 fully saturated rings. The van der Waals surface area contributed by atoms with Crippen LogP contribution in [0.3, 0.4) is 0 Å². The van der Waals surface area contributed by atoms with E-state index in [2.05, 4.69) is 5.32 Å². The number of esters is 4. The Balaban J connectivity index is 1.52. The zero-order valence-electron chi connectivity index (χ0n) is 26.9. The maximum atomic E-state index is 13.0. The van der Waals surface area contributed by atoms with Gasteiger partial charge in [0.1, 0.15) is 19.3 Å². The van der Waals surface area contributed by atoms with Gasteiger partial charge in [-0.1, -0.05) is 48.5 Å². The van der Waals surface area contributed by atoms with Gasteiger partial charge in [-0.15, -0.1) is 0 Å². The summed E-state index contributed by atoms with van der Waals surface area (Å²) in [7, 11) is 0. The molecule has 2 N–H and O–H groups in total. The molecule has 7 atom stereocenters. The van der Waals surface area contributed by atoms with Gasteiger partial charge in [0.25, 0.3) is 0 Å². The van der Waals surface area contributed by atoms with Crippen LogP contribution in [0.4, 0.5) is 4.79 Å². The molecule has 2 aromatic carbocycles. The standard InChI is InChI=1S/C33H37NO14/c1-16(27(31(39)40)34-33(41)43-14-25-23-12-8-6-10-21(23)22-11-7-9-13-24(22)25)44-32-30(47-20(5)38)29(46-19(4)37)28(45-18(3)36)26(48-32)15-42-17(2)35/h6-13,16,25-30,32H,14-15H2,1-5H3,(H,34,41)(H,39,40)/t16?,26?,27-,28+,29+,30?,32-/m0/s1. The largest absolute Gasteiger partial charge is 0.480 e. The molecule has 48 heavy (non-hydrogen) atoms.